The maximum Gasteiger partial charge on any atom is 0.303 e. The van der Waals surface area contributed by atoms with Crippen molar-refractivity contribution in [1.29, 1.82) is 0 Å². The average molecular weight is 209 g/mol. The van der Waals surface area contributed by atoms with E-state index in [1.54, 1.807) is 18.2 Å². The average Bonchev–Trinajstić information content (AvgIpc) is 2.15. The van der Waals surface area contributed by atoms with Gasteiger partial charge in [-0.15, -0.1) is 0 Å². The molecule has 0 bridgehead atoms. The van der Waals surface area contributed by atoms with Crippen molar-refractivity contribution >= 4 is 11.7 Å². The Bertz CT molecular complexity index is 338. The fourth-order valence-electron chi connectivity index (χ4n) is 1.29. The number of anilines is 1. The number of phenolic OH excluding ortho intramolecular Hbond substituents is 1. The second-order valence-corrected chi connectivity index (χ2v) is 3.53. The molecule has 1 aromatic rings. The Kier molecular flexibility index (Phi) is 3.97. The van der Waals surface area contributed by atoms with E-state index in [0.717, 1.165) is 5.69 Å². The van der Waals surface area contributed by atoms with E-state index in [0.29, 0.717) is 6.42 Å². The number of carboxylic acids is 1. The van der Waals surface area contributed by atoms with Crippen molar-refractivity contribution in [3.05, 3.63) is 24.3 Å². The van der Waals surface area contributed by atoms with E-state index in [-0.39, 0.29) is 18.2 Å². The van der Waals surface area contributed by atoms with Crippen LogP contribution in [-0.4, -0.2) is 22.2 Å². The van der Waals surface area contributed by atoms with Gasteiger partial charge in [0, 0.05) is 24.2 Å². The molecule has 1 unspecified atom stereocenters. The lowest BCUT2D eigenvalue weighted by Gasteiger charge is -2.14. The number of aliphatic carboxylic acids is 1. The minimum absolute atomic E-state index is 0.0721. The van der Waals surface area contributed by atoms with Gasteiger partial charge in [-0.3, -0.25) is 4.79 Å². The van der Waals surface area contributed by atoms with Crippen LogP contribution in [0.15, 0.2) is 24.3 Å². The number of hydrogen-bond donors (Lipinski definition) is 3. The van der Waals surface area contributed by atoms with Crippen LogP contribution in [0.2, 0.25) is 0 Å². The maximum absolute atomic E-state index is 10.3. The summed E-state index contributed by atoms with van der Waals surface area (Å²) in [5.74, 6) is -0.593. The summed E-state index contributed by atoms with van der Waals surface area (Å²) in [6.45, 7) is 1.91. The largest absolute Gasteiger partial charge is 0.508 e. The molecule has 0 amide bonds. The number of benzene rings is 1. The first kappa shape index (κ1) is 11.4. The predicted molar refractivity (Wildman–Crippen MR) is 58.1 cm³/mol. The molecule has 0 heterocycles. The summed E-state index contributed by atoms with van der Waals surface area (Å²) in [6, 6.07) is 6.84. The van der Waals surface area contributed by atoms with E-state index in [2.05, 4.69) is 5.32 Å². The molecule has 0 aliphatic rings. The molecule has 0 aromatic heterocycles. The summed E-state index contributed by atoms with van der Waals surface area (Å²) in [7, 11) is 0. The number of aromatic hydroxyl groups is 1. The normalized spacial score (nSPS) is 12.1. The topological polar surface area (TPSA) is 69.6 Å². The SMILES string of the molecule is CC(CCC(=O)O)Nc1cccc(O)c1. The van der Waals surface area contributed by atoms with Gasteiger partial charge >= 0.3 is 5.97 Å². The standard InChI is InChI=1S/C11H15NO3/c1-8(5-6-11(14)15)12-9-3-2-4-10(13)7-9/h2-4,7-8,12-13H,5-6H2,1H3,(H,14,15). The van der Waals surface area contributed by atoms with Crippen LogP contribution in [-0.2, 0) is 4.79 Å². The smallest absolute Gasteiger partial charge is 0.303 e. The third-order valence-electron chi connectivity index (χ3n) is 2.05. The van der Waals surface area contributed by atoms with Gasteiger partial charge in [0.15, 0.2) is 0 Å². The van der Waals surface area contributed by atoms with Crippen molar-refractivity contribution in [2.75, 3.05) is 5.32 Å². The van der Waals surface area contributed by atoms with Crippen LogP contribution < -0.4 is 5.32 Å². The van der Waals surface area contributed by atoms with Gasteiger partial charge in [-0.05, 0) is 25.5 Å². The molecule has 1 rings (SSSR count). The van der Waals surface area contributed by atoms with Gasteiger partial charge in [0.05, 0.1) is 0 Å². The number of carboxylic acid groups (broad SMARTS) is 1. The van der Waals surface area contributed by atoms with E-state index in [9.17, 15) is 9.90 Å². The van der Waals surface area contributed by atoms with Crippen LogP contribution in [0, 0.1) is 0 Å². The molecular formula is C11H15NO3. The first-order chi connectivity index (χ1) is 7.08. The highest BCUT2D eigenvalue weighted by atomic mass is 16.4. The molecular weight excluding hydrogens is 194 g/mol. The minimum Gasteiger partial charge on any atom is -0.508 e. The summed E-state index contributed by atoms with van der Waals surface area (Å²) in [5.41, 5.74) is 0.799. The molecule has 15 heavy (non-hydrogen) atoms. The molecule has 0 spiro atoms. The van der Waals surface area contributed by atoms with Gasteiger partial charge in [-0.25, -0.2) is 0 Å². The second-order valence-electron chi connectivity index (χ2n) is 3.53. The predicted octanol–water partition coefficient (Wildman–Crippen LogP) is 2.06. The fourth-order valence-corrected chi connectivity index (χ4v) is 1.29. The first-order valence-electron chi connectivity index (χ1n) is 4.85. The van der Waals surface area contributed by atoms with Gasteiger partial charge in [0.2, 0.25) is 0 Å². The quantitative estimate of drug-likeness (QED) is 0.694. The van der Waals surface area contributed by atoms with E-state index in [1.165, 1.54) is 0 Å². The Labute approximate surface area is 88.6 Å². The fraction of sp³-hybridized carbons (Fsp3) is 0.364. The van der Waals surface area contributed by atoms with E-state index >= 15 is 0 Å². The molecule has 1 atom stereocenters. The highest BCUT2D eigenvalue weighted by Gasteiger charge is 2.05. The summed E-state index contributed by atoms with van der Waals surface area (Å²) < 4.78 is 0. The lowest BCUT2D eigenvalue weighted by molar-refractivity contribution is -0.137. The Morgan fingerprint density at radius 2 is 2.27 bits per heavy atom. The van der Waals surface area contributed by atoms with Crippen LogP contribution in [0.3, 0.4) is 0 Å². The zero-order valence-electron chi connectivity index (χ0n) is 8.60. The van der Waals surface area contributed by atoms with E-state index in [4.69, 9.17) is 5.11 Å². The minimum atomic E-state index is -0.792. The molecule has 0 saturated carbocycles. The second kappa shape index (κ2) is 5.24. The molecule has 4 nitrogen and oxygen atoms in total. The van der Waals surface area contributed by atoms with Crippen LogP contribution >= 0.6 is 0 Å². The third kappa shape index (κ3) is 4.35. The summed E-state index contributed by atoms with van der Waals surface area (Å²) >= 11 is 0. The molecule has 0 radical (unpaired) electrons. The van der Waals surface area contributed by atoms with Crippen molar-refractivity contribution < 1.29 is 15.0 Å². The lowest BCUT2D eigenvalue weighted by atomic mass is 10.1. The zero-order chi connectivity index (χ0) is 11.3. The van der Waals surface area contributed by atoms with Crippen molar-refractivity contribution in [1.82, 2.24) is 0 Å². The Balaban J connectivity index is 2.44. The summed E-state index contributed by atoms with van der Waals surface area (Å²) in [4.78, 5) is 10.3. The van der Waals surface area contributed by atoms with Crippen molar-refractivity contribution in [3.8, 4) is 5.75 Å². The summed E-state index contributed by atoms with van der Waals surface area (Å²) in [5, 5.41) is 20.8. The molecule has 0 aliphatic carbocycles. The van der Waals surface area contributed by atoms with Crippen LogP contribution in [0.25, 0.3) is 0 Å². The van der Waals surface area contributed by atoms with Gasteiger partial charge in [-0.1, -0.05) is 6.07 Å². The van der Waals surface area contributed by atoms with Crippen LogP contribution in [0.5, 0.6) is 5.75 Å². The third-order valence-corrected chi connectivity index (χ3v) is 2.05. The van der Waals surface area contributed by atoms with Crippen LogP contribution in [0.4, 0.5) is 5.69 Å². The first-order valence-corrected chi connectivity index (χ1v) is 4.85. The Morgan fingerprint density at radius 3 is 2.87 bits per heavy atom. The number of nitrogens with one attached hydrogen (secondary N) is 1. The van der Waals surface area contributed by atoms with Crippen molar-refractivity contribution in [3.63, 3.8) is 0 Å². The highest BCUT2D eigenvalue weighted by molar-refractivity contribution is 5.66. The van der Waals surface area contributed by atoms with Gasteiger partial charge in [0.1, 0.15) is 5.75 Å². The van der Waals surface area contributed by atoms with E-state index in [1.807, 2.05) is 13.0 Å². The van der Waals surface area contributed by atoms with Crippen molar-refractivity contribution in [2.24, 2.45) is 0 Å². The Hall–Kier alpha value is -1.71. The molecule has 0 aliphatic heterocycles. The van der Waals surface area contributed by atoms with Crippen molar-refractivity contribution in [2.45, 2.75) is 25.8 Å². The maximum atomic E-state index is 10.3. The van der Waals surface area contributed by atoms with Gasteiger partial charge in [-0.2, -0.15) is 0 Å². The van der Waals surface area contributed by atoms with Crippen LogP contribution in [0.1, 0.15) is 19.8 Å². The molecule has 1 aromatic carbocycles. The van der Waals surface area contributed by atoms with Gasteiger partial charge in [0.25, 0.3) is 0 Å². The highest BCUT2D eigenvalue weighted by Crippen LogP contribution is 2.17. The molecule has 82 valence electrons. The number of carbonyl (C=O) groups is 1. The Morgan fingerprint density at radius 1 is 1.53 bits per heavy atom. The molecule has 4 heteroatoms. The zero-order valence-corrected chi connectivity index (χ0v) is 8.60. The number of phenols is 1. The number of hydrogen-bond acceptors (Lipinski definition) is 3. The summed E-state index contributed by atoms with van der Waals surface area (Å²) in [6.07, 6.45) is 0.706. The van der Waals surface area contributed by atoms with Gasteiger partial charge < -0.3 is 15.5 Å². The number of rotatable bonds is 5. The monoisotopic (exact) mass is 209 g/mol. The van der Waals surface area contributed by atoms with E-state index < -0.39 is 5.97 Å². The molecule has 0 fully saturated rings. The lowest BCUT2D eigenvalue weighted by Crippen LogP contribution is -2.16. The molecule has 0 saturated heterocycles. The molecule has 3 N–H and O–H groups in total.